The summed E-state index contributed by atoms with van der Waals surface area (Å²) in [4.78, 5) is 10.8. The minimum absolute atomic E-state index is 0.306. The van der Waals surface area contributed by atoms with Crippen LogP contribution in [-0.4, -0.2) is 11.1 Å². The van der Waals surface area contributed by atoms with E-state index in [-0.39, 0.29) is 0 Å². The number of hydrogen-bond donors (Lipinski definition) is 1. The van der Waals surface area contributed by atoms with Gasteiger partial charge in [0.15, 0.2) is 0 Å². The van der Waals surface area contributed by atoms with E-state index in [1.165, 1.54) is 12.1 Å². The van der Waals surface area contributed by atoms with Crippen molar-refractivity contribution in [3.8, 4) is 0 Å². The van der Waals surface area contributed by atoms with E-state index in [2.05, 4.69) is 0 Å². The largest absolute Gasteiger partial charge is 0.481 e. The van der Waals surface area contributed by atoms with Crippen LogP contribution >= 0.6 is 0 Å². The van der Waals surface area contributed by atoms with Crippen molar-refractivity contribution in [1.82, 2.24) is 0 Å². The van der Waals surface area contributed by atoms with E-state index in [4.69, 9.17) is 9.22 Å². The molecule has 1 aromatic rings. The van der Waals surface area contributed by atoms with Gasteiger partial charge in [-0.15, -0.1) is 0 Å². The molecule has 0 aliphatic heterocycles. The predicted octanol–water partition coefficient (Wildman–Crippen LogP) is 1.87. The van der Waals surface area contributed by atoms with Crippen LogP contribution in [0, 0.1) is 0 Å². The summed E-state index contributed by atoms with van der Waals surface area (Å²) >= 11 is 0. The van der Waals surface area contributed by atoms with E-state index < -0.39 is 18.7 Å². The number of carbonyl (C=O) groups is 1. The number of hydrogen-bond acceptors (Lipinski definition) is 1. The maximum Gasteiger partial charge on any atom is 0.310 e. The van der Waals surface area contributed by atoms with Crippen LogP contribution in [0.1, 0.15) is 22.4 Å². The summed E-state index contributed by atoms with van der Waals surface area (Å²) in [6.45, 7) is -2.51. The van der Waals surface area contributed by atoms with E-state index in [9.17, 15) is 4.79 Å². The molecule has 0 unspecified atom stereocenters. The number of carboxylic acids is 1. The zero-order valence-electron chi connectivity index (χ0n) is 8.82. The molecule has 0 aromatic heterocycles. The molecule has 0 aliphatic carbocycles. The summed E-state index contributed by atoms with van der Waals surface area (Å²) in [6.07, 6.45) is 0. The van der Waals surface area contributed by atoms with Crippen LogP contribution in [-0.2, 0) is 4.79 Å². The van der Waals surface area contributed by atoms with Gasteiger partial charge in [0.05, 0.1) is 5.92 Å². The Bertz CT molecular complexity index is 319. The van der Waals surface area contributed by atoms with Gasteiger partial charge < -0.3 is 5.11 Å². The van der Waals surface area contributed by atoms with Gasteiger partial charge in [-0.25, -0.2) is 0 Å². The minimum atomic E-state index is -2.51. The highest BCUT2D eigenvalue weighted by atomic mass is 16.4. The lowest BCUT2D eigenvalue weighted by atomic mass is 10.0. The van der Waals surface area contributed by atoms with Gasteiger partial charge in [0.2, 0.25) is 0 Å². The monoisotopic (exact) mass is 156 g/mol. The fraction of sp³-hybridized carbons (Fsp3) is 0.222. The molecule has 58 valence electrons. The van der Waals surface area contributed by atoms with E-state index in [1.54, 1.807) is 18.2 Å². The Morgan fingerprint density at radius 3 is 2.64 bits per heavy atom. The molecule has 1 aromatic carbocycles. The first-order valence-corrected chi connectivity index (χ1v) is 3.20. The zero-order chi connectivity index (χ0) is 10.8. The van der Waals surface area contributed by atoms with Crippen LogP contribution in [0.2, 0.25) is 0 Å². The molecule has 0 saturated heterocycles. The molecule has 11 heavy (non-hydrogen) atoms. The first-order valence-electron chi connectivity index (χ1n) is 4.70. The second kappa shape index (κ2) is 3.19. The molecule has 1 atom stereocenters. The molecule has 0 fully saturated rings. The maximum atomic E-state index is 10.8. The van der Waals surface area contributed by atoms with Gasteiger partial charge in [-0.3, -0.25) is 4.79 Å². The summed E-state index contributed by atoms with van der Waals surface area (Å²) in [6, 6.07) is 7.96. The van der Waals surface area contributed by atoms with Crippen molar-refractivity contribution in [3.05, 3.63) is 35.9 Å². The molecule has 0 radical (unpaired) electrons. The third-order valence-electron chi connectivity index (χ3n) is 1.38. The third kappa shape index (κ3) is 1.80. The van der Waals surface area contributed by atoms with Crippen molar-refractivity contribution in [3.63, 3.8) is 0 Å². The maximum absolute atomic E-state index is 10.8. The lowest BCUT2D eigenvalue weighted by Crippen LogP contribution is -2.06. The minimum Gasteiger partial charge on any atom is -0.481 e. The molecule has 2 nitrogen and oxygen atoms in total. The quantitative estimate of drug-likeness (QED) is 0.709. The van der Waals surface area contributed by atoms with E-state index in [0.29, 0.717) is 5.56 Å². The molecule has 0 heterocycles. The molecule has 0 amide bonds. The number of carboxylic acid groups (broad SMARTS) is 1. The first-order chi connectivity index (χ1) is 6.43. The van der Waals surface area contributed by atoms with Crippen LogP contribution in [0.5, 0.6) is 0 Å². The van der Waals surface area contributed by atoms with Gasteiger partial charge in [-0.1, -0.05) is 30.3 Å². The highest BCUT2D eigenvalue weighted by Crippen LogP contribution is 2.13. The standard InChI is InChI=1S/C9H10O2/c1-7(9(10)11)8-5-3-2-4-6-8/h2-7H,1H3,(H,10,11)/t7-/m1/s1/i1T3. The average Bonchev–Trinajstić information content (AvgIpc) is 2.02. The van der Waals surface area contributed by atoms with Crippen molar-refractivity contribution in [2.45, 2.75) is 12.8 Å². The molecule has 0 aliphatic rings. The Balaban J connectivity index is 3.08. The Hall–Kier alpha value is -1.31. The van der Waals surface area contributed by atoms with Crippen LogP contribution in [0.3, 0.4) is 0 Å². The third-order valence-corrected chi connectivity index (χ3v) is 1.38. The van der Waals surface area contributed by atoms with E-state index in [0.717, 1.165) is 0 Å². The molecular formula is C9H10O2. The zero-order valence-corrected chi connectivity index (χ0v) is 5.82. The summed E-state index contributed by atoms with van der Waals surface area (Å²) < 4.78 is 21.3. The summed E-state index contributed by atoms with van der Waals surface area (Å²) in [5.41, 5.74) is 0.306. The Morgan fingerprint density at radius 2 is 2.18 bits per heavy atom. The SMILES string of the molecule is [3H]C([3H])([3H])[C@@H](C(=O)O)c1ccccc1. The fourth-order valence-corrected chi connectivity index (χ4v) is 0.788. The summed E-state index contributed by atoms with van der Waals surface area (Å²) in [5, 5.41) is 8.80. The second-order valence-electron chi connectivity index (χ2n) is 2.18. The first kappa shape index (κ1) is 4.54. The number of aliphatic carboxylic acids is 1. The molecule has 0 bridgehead atoms. The van der Waals surface area contributed by atoms with Crippen molar-refractivity contribution < 1.29 is 14.0 Å². The number of benzene rings is 1. The predicted molar refractivity (Wildman–Crippen MR) is 42.5 cm³/mol. The Kier molecular flexibility index (Phi) is 1.32. The molecular weight excluding hydrogens is 140 g/mol. The van der Waals surface area contributed by atoms with Crippen LogP contribution in [0.25, 0.3) is 0 Å². The number of rotatable bonds is 2. The van der Waals surface area contributed by atoms with Gasteiger partial charge in [0.25, 0.3) is 0 Å². The molecule has 2 heteroatoms. The van der Waals surface area contributed by atoms with Gasteiger partial charge >= 0.3 is 5.97 Å². The van der Waals surface area contributed by atoms with Gasteiger partial charge in [-0.2, -0.15) is 0 Å². The van der Waals surface area contributed by atoms with Crippen molar-refractivity contribution in [1.29, 1.82) is 0 Å². The summed E-state index contributed by atoms with van der Waals surface area (Å²) in [5.74, 6) is -2.76. The Morgan fingerprint density at radius 1 is 1.55 bits per heavy atom. The molecule has 0 saturated carbocycles. The van der Waals surface area contributed by atoms with Crippen molar-refractivity contribution >= 4 is 5.97 Å². The Labute approximate surface area is 69.7 Å². The van der Waals surface area contributed by atoms with Crippen LogP contribution in [0.15, 0.2) is 30.3 Å². The van der Waals surface area contributed by atoms with Crippen molar-refractivity contribution in [2.24, 2.45) is 0 Å². The highest BCUT2D eigenvalue weighted by molar-refractivity contribution is 5.75. The van der Waals surface area contributed by atoms with E-state index in [1.807, 2.05) is 0 Å². The van der Waals surface area contributed by atoms with Gasteiger partial charge in [-0.05, 0) is 12.4 Å². The topological polar surface area (TPSA) is 37.3 Å². The lowest BCUT2D eigenvalue weighted by molar-refractivity contribution is -0.138. The van der Waals surface area contributed by atoms with Crippen LogP contribution < -0.4 is 0 Å². The van der Waals surface area contributed by atoms with Crippen molar-refractivity contribution in [2.75, 3.05) is 0 Å². The molecule has 1 rings (SSSR count). The average molecular weight is 156 g/mol. The molecule has 1 N–H and O–H groups in total. The summed E-state index contributed by atoms with van der Waals surface area (Å²) in [7, 11) is 0. The lowest BCUT2D eigenvalue weighted by Gasteiger charge is -2.04. The molecule has 0 spiro atoms. The van der Waals surface area contributed by atoms with E-state index >= 15 is 0 Å². The van der Waals surface area contributed by atoms with Gasteiger partial charge in [0.1, 0.15) is 0 Å². The fourth-order valence-electron chi connectivity index (χ4n) is 0.788. The second-order valence-corrected chi connectivity index (χ2v) is 2.18. The smallest absolute Gasteiger partial charge is 0.310 e. The van der Waals surface area contributed by atoms with Gasteiger partial charge in [0, 0.05) is 4.11 Å². The van der Waals surface area contributed by atoms with Crippen LogP contribution in [0.4, 0.5) is 0 Å². The normalized spacial score (nSPS) is 17.6. The highest BCUT2D eigenvalue weighted by Gasteiger charge is 2.11.